The number of guanidine groups is 1. The van der Waals surface area contributed by atoms with Crippen molar-refractivity contribution in [1.29, 1.82) is 0 Å². The first-order valence-corrected chi connectivity index (χ1v) is 11.7. The van der Waals surface area contributed by atoms with Crippen molar-refractivity contribution in [2.75, 3.05) is 19.3 Å². The Morgan fingerprint density at radius 2 is 1.86 bits per heavy atom. The molecule has 0 atom stereocenters. The fraction of sp³-hybridized carbons (Fsp3) is 0.381. The Hall–Kier alpha value is -2.05. The second kappa shape index (κ2) is 8.53. The summed E-state index contributed by atoms with van der Waals surface area (Å²) in [5.41, 5.74) is 2.35. The largest absolute Gasteiger partial charge is 0.357 e. The maximum atomic E-state index is 11.6. The Bertz CT molecular complexity index is 952. The highest BCUT2D eigenvalue weighted by molar-refractivity contribution is 7.90. The molecule has 1 aliphatic rings. The fourth-order valence-electron chi connectivity index (χ4n) is 3.14. The molecular weight excluding hydrogens is 394 g/mol. The number of nitrogens with zero attached hydrogens (tertiary/aromatic N) is 1. The lowest BCUT2D eigenvalue weighted by atomic mass is 9.96. The normalized spacial score (nSPS) is 15.9. The van der Waals surface area contributed by atoms with Crippen molar-refractivity contribution in [2.45, 2.75) is 36.6 Å². The predicted octanol–water partition coefficient (Wildman–Crippen LogP) is 3.53. The summed E-state index contributed by atoms with van der Waals surface area (Å²) in [6, 6.07) is 14.9. The molecule has 0 saturated heterocycles. The zero-order valence-corrected chi connectivity index (χ0v) is 17.8. The molecule has 0 bridgehead atoms. The van der Waals surface area contributed by atoms with Gasteiger partial charge in [-0.1, -0.05) is 35.9 Å². The molecule has 28 heavy (non-hydrogen) atoms. The van der Waals surface area contributed by atoms with Crippen LogP contribution in [0.15, 0.2) is 58.4 Å². The molecule has 0 aliphatic heterocycles. The van der Waals surface area contributed by atoms with Gasteiger partial charge in [0.2, 0.25) is 0 Å². The third kappa shape index (κ3) is 5.26. The van der Waals surface area contributed by atoms with Crippen LogP contribution >= 0.6 is 11.6 Å². The maximum Gasteiger partial charge on any atom is 0.191 e. The molecule has 1 aliphatic carbocycles. The summed E-state index contributed by atoms with van der Waals surface area (Å²) in [5.74, 6) is 0.753. The second-order valence-electron chi connectivity index (χ2n) is 7.26. The number of nitrogens with one attached hydrogen (secondary N) is 2. The van der Waals surface area contributed by atoms with Crippen molar-refractivity contribution in [1.82, 2.24) is 10.6 Å². The zero-order chi connectivity index (χ0) is 20.2. The predicted molar refractivity (Wildman–Crippen MR) is 115 cm³/mol. The second-order valence-corrected chi connectivity index (χ2v) is 9.71. The van der Waals surface area contributed by atoms with Gasteiger partial charge in [0, 0.05) is 29.8 Å². The van der Waals surface area contributed by atoms with Gasteiger partial charge in [-0.15, -0.1) is 0 Å². The first-order valence-electron chi connectivity index (χ1n) is 9.40. The monoisotopic (exact) mass is 419 g/mol. The van der Waals surface area contributed by atoms with E-state index in [1.54, 1.807) is 24.3 Å². The molecule has 0 aromatic heterocycles. The minimum absolute atomic E-state index is 0.123. The Morgan fingerprint density at radius 1 is 1.14 bits per heavy atom. The van der Waals surface area contributed by atoms with E-state index in [1.165, 1.54) is 11.8 Å². The van der Waals surface area contributed by atoms with Crippen LogP contribution in [0.2, 0.25) is 5.02 Å². The van der Waals surface area contributed by atoms with Gasteiger partial charge < -0.3 is 10.6 Å². The fourth-order valence-corrected chi connectivity index (χ4v) is 3.96. The Morgan fingerprint density at radius 3 is 2.43 bits per heavy atom. The summed E-state index contributed by atoms with van der Waals surface area (Å²) < 4.78 is 23.1. The van der Waals surface area contributed by atoms with E-state index in [0.29, 0.717) is 11.4 Å². The number of hydrogen-bond acceptors (Lipinski definition) is 3. The van der Waals surface area contributed by atoms with Gasteiger partial charge in [-0.25, -0.2) is 13.4 Å². The van der Waals surface area contributed by atoms with Gasteiger partial charge in [0.25, 0.3) is 0 Å². The minimum Gasteiger partial charge on any atom is -0.357 e. The first kappa shape index (κ1) is 20.7. The Labute approximate surface area is 172 Å². The summed E-state index contributed by atoms with van der Waals surface area (Å²) in [4.78, 5) is 4.96. The van der Waals surface area contributed by atoms with Crippen molar-refractivity contribution in [3.05, 3.63) is 64.7 Å². The van der Waals surface area contributed by atoms with Crippen molar-refractivity contribution in [3.63, 3.8) is 0 Å². The summed E-state index contributed by atoms with van der Waals surface area (Å²) in [5, 5.41) is 7.48. The smallest absolute Gasteiger partial charge is 0.191 e. The average Bonchev–Trinajstić information content (AvgIpc) is 3.45. The standard InChI is InChI=1S/C21H26ClN3O2S/c1-3-23-20(24-14-16-7-9-19(10-8-16)28(2,26)27)25-15-21(11-12-21)17-5-4-6-18(22)13-17/h4-10,13H,3,11-12,14-15H2,1-2H3,(H2,23,24,25). The molecule has 7 heteroatoms. The van der Waals surface area contributed by atoms with E-state index in [9.17, 15) is 8.42 Å². The van der Waals surface area contributed by atoms with Gasteiger partial charge in [-0.2, -0.15) is 0 Å². The SMILES string of the molecule is CCNC(=NCc1ccc(S(C)(=O)=O)cc1)NCC1(c2cccc(Cl)c2)CC1. The van der Waals surface area contributed by atoms with E-state index in [-0.39, 0.29) is 5.41 Å². The van der Waals surface area contributed by atoms with Gasteiger partial charge in [0.15, 0.2) is 15.8 Å². The first-order chi connectivity index (χ1) is 13.3. The zero-order valence-electron chi connectivity index (χ0n) is 16.2. The molecule has 3 rings (SSSR count). The number of hydrogen-bond donors (Lipinski definition) is 2. The maximum absolute atomic E-state index is 11.6. The summed E-state index contributed by atoms with van der Waals surface area (Å²) in [7, 11) is -3.18. The molecule has 0 heterocycles. The van der Waals surface area contributed by atoms with Crippen LogP contribution in [0.5, 0.6) is 0 Å². The van der Waals surface area contributed by atoms with Gasteiger partial charge in [-0.3, -0.25) is 0 Å². The Kier molecular flexibility index (Phi) is 6.30. The highest BCUT2D eigenvalue weighted by Gasteiger charge is 2.44. The van der Waals surface area contributed by atoms with Crippen LogP contribution in [-0.2, 0) is 21.8 Å². The van der Waals surface area contributed by atoms with E-state index in [4.69, 9.17) is 11.6 Å². The molecule has 0 amide bonds. The van der Waals surface area contributed by atoms with Gasteiger partial charge in [0.05, 0.1) is 11.4 Å². The van der Waals surface area contributed by atoms with E-state index >= 15 is 0 Å². The van der Waals surface area contributed by atoms with Crippen LogP contribution in [0.3, 0.4) is 0 Å². The molecule has 0 spiro atoms. The van der Waals surface area contributed by atoms with Crippen LogP contribution in [0.1, 0.15) is 30.9 Å². The van der Waals surface area contributed by atoms with E-state index in [1.807, 2.05) is 25.1 Å². The van der Waals surface area contributed by atoms with Crippen LogP contribution < -0.4 is 10.6 Å². The average molecular weight is 420 g/mol. The Balaban J connectivity index is 1.65. The molecule has 0 unspecified atom stereocenters. The van der Waals surface area contributed by atoms with Crippen LogP contribution in [0.25, 0.3) is 0 Å². The quantitative estimate of drug-likeness (QED) is 0.532. The lowest BCUT2D eigenvalue weighted by Gasteiger charge is -2.19. The van der Waals surface area contributed by atoms with Crippen molar-refractivity contribution < 1.29 is 8.42 Å². The number of sulfone groups is 1. The van der Waals surface area contributed by atoms with Crippen molar-refractivity contribution >= 4 is 27.4 Å². The molecule has 2 aromatic rings. The molecule has 2 N–H and O–H groups in total. The number of rotatable bonds is 7. The lowest BCUT2D eigenvalue weighted by molar-refractivity contribution is 0.602. The van der Waals surface area contributed by atoms with Crippen molar-refractivity contribution in [3.8, 4) is 0 Å². The van der Waals surface area contributed by atoms with Crippen LogP contribution in [0, 0.1) is 0 Å². The number of benzene rings is 2. The summed E-state index contributed by atoms with van der Waals surface area (Å²) in [6.07, 6.45) is 3.47. The van der Waals surface area contributed by atoms with E-state index in [0.717, 1.165) is 42.5 Å². The van der Waals surface area contributed by atoms with Crippen LogP contribution in [-0.4, -0.2) is 33.7 Å². The van der Waals surface area contributed by atoms with E-state index in [2.05, 4.69) is 21.7 Å². The third-order valence-electron chi connectivity index (χ3n) is 5.00. The highest BCUT2D eigenvalue weighted by atomic mass is 35.5. The van der Waals surface area contributed by atoms with Crippen molar-refractivity contribution in [2.24, 2.45) is 4.99 Å². The molecule has 1 saturated carbocycles. The molecule has 2 aromatic carbocycles. The highest BCUT2D eigenvalue weighted by Crippen LogP contribution is 2.48. The van der Waals surface area contributed by atoms with E-state index < -0.39 is 9.84 Å². The summed E-state index contributed by atoms with van der Waals surface area (Å²) >= 11 is 6.15. The molecule has 5 nitrogen and oxygen atoms in total. The topological polar surface area (TPSA) is 70.6 Å². The number of halogens is 1. The minimum atomic E-state index is -3.18. The molecule has 150 valence electrons. The van der Waals surface area contributed by atoms with Gasteiger partial charge in [0.1, 0.15) is 0 Å². The van der Waals surface area contributed by atoms with Gasteiger partial charge in [-0.05, 0) is 55.2 Å². The third-order valence-corrected chi connectivity index (χ3v) is 6.36. The van der Waals surface area contributed by atoms with Gasteiger partial charge >= 0.3 is 0 Å². The lowest BCUT2D eigenvalue weighted by Crippen LogP contribution is -2.41. The summed E-state index contributed by atoms with van der Waals surface area (Å²) in [6.45, 7) is 4.07. The molecule has 0 radical (unpaired) electrons. The molecular formula is C21H26ClN3O2S. The number of aliphatic imine (C=N–C) groups is 1. The van der Waals surface area contributed by atoms with Crippen LogP contribution in [0.4, 0.5) is 0 Å². The molecule has 1 fully saturated rings.